The molecular weight excluding hydrogens is 386 g/mol. The summed E-state index contributed by atoms with van der Waals surface area (Å²) in [5, 5.41) is 0.916. The molecule has 2 amide bonds. The summed E-state index contributed by atoms with van der Waals surface area (Å²) in [5.41, 5.74) is 2.62. The zero-order valence-corrected chi connectivity index (χ0v) is 16.0. The van der Waals surface area contributed by atoms with Crippen LogP contribution in [0.15, 0.2) is 54.4 Å². The number of hydrogen-bond donors (Lipinski definition) is 1. The van der Waals surface area contributed by atoms with Crippen molar-refractivity contribution in [1.82, 2.24) is 14.8 Å². The average Bonchev–Trinajstić information content (AvgIpc) is 3.47. The molecule has 3 aliphatic rings. The standard InChI is InChI=1S/C22H17N3O5/c1-24-10-18(26)25-19(21(24)27)20(14-9-23-15-5-3-2-4-13(14)15)30-22(25)12-6-7-16-17(8-12)29-11-28-16/h2-9,22-23H,10-11H2,1H3/t22-/m0/s1. The highest BCUT2D eigenvalue weighted by Crippen LogP contribution is 2.46. The Morgan fingerprint density at radius 3 is 2.80 bits per heavy atom. The number of likely N-dealkylation sites (N-methyl/N-ethyl adjacent to an activating group) is 1. The van der Waals surface area contributed by atoms with Crippen molar-refractivity contribution in [2.75, 3.05) is 20.4 Å². The Bertz CT molecular complexity index is 1260. The molecule has 0 aliphatic carbocycles. The quantitative estimate of drug-likeness (QED) is 0.711. The summed E-state index contributed by atoms with van der Waals surface area (Å²) in [6, 6.07) is 13.2. The lowest BCUT2D eigenvalue weighted by molar-refractivity contribution is -0.148. The summed E-state index contributed by atoms with van der Waals surface area (Å²) < 4.78 is 17.2. The van der Waals surface area contributed by atoms with Crippen molar-refractivity contribution in [3.05, 3.63) is 65.5 Å². The van der Waals surface area contributed by atoms with Crippen LogP contribution in [0, 0.1) is 0 Å². The molecule has 0 bridgehead atoms. The van der Waals surface area contributed by atoms with Crippen LogP contribution in [0.3, 0.4) is 0 Å². The van der Waals surface area contributed by atoms with E-state index in [0.717, 1.165) is 16.5 Å². The molecule has 1 N–H and O–H groups in total. The van der Waals surface area contributed by atoms with Crippen LogP contribution in [-0.2, 0) is 14.3 Å². The van der Waals surface area contributed by atoms with E-state index < -0.39 is 6.23 Å². The van der Waals surface area contributed by atoms with Gasteiger partial charge < -0.3 is 24.1 Å². The van der Waals surface area contributed by atoms with Gasteiger partial charge in [-0.1, -0.05) is 18.2 Å². The lowest BCUT2D eigenvalue weighted by atomic mass is 10.1. The van der Waals surface area contributed by atoms with E-state index in [2.05, 4.69) is 4.98 Å². The molecule has 0 unspecified atom stereocenters. The molecule has 1 atom stereocenters. The first-order valence-electron chi connectivity index (χ1n) is 9.56. The first-order chi connectivity index (χ1) is 14.6. The van der Waals surface area contributed by atoms with Crippen LogP contribution in [-0.4, -0.2) is 47.0 Å². The Morgan fingerprint density at radius 1 is 1.07 bits per heavy atom. The van der Waals surface area contributed by atoms with E-state index in [1.807, 2.05) is 30.3 Å². The Kier molecular flexibility index (Phi) is 3.41. The number of piperazine rings is 1. The van der Waals surface area contributed by atoms with Gasteiger partial charge in [0.05, 0.1) is 0 Å². The lowest BCUT2D eigenvalue weighted by Crippen LogP contribution is -2.49. The molecule has 8 nitrogen and oxygen atoms in total. The maximum Gasteiger partial charge on any atom is 0.274 e. The molecule has 2 aromatic carbocycles. The van der Waals surface area contributed by atoms with Gasteiger partial charge in [0.1, 0.15) is 6.54 Å². The molecule has 0 radical (unpaired) electrons. The van der Waals surface area contributed by atoms with Crippen LogP contribution >= 0.6 is 0 Å². The third kappa shape index (κ3) is 2.27. The van der Waals surface area contributed by atoms with E-state index in [9.17, 15) is 9.59 Å². The number of carbonyl (C=O) groups excluding carboxylic acids is 2. The fourth-order valence-electron chi connectivity index (χ4n) is 4.17. The number of hydrogen-bond acceptors (Lipinski definition) is 5. The number of rotatable bonds is 2. The largest absolute Gasteiger partial charge is 0.463 e. The number of fused-ring (bicyclic) bond motifs is 3. The minimum Gasteiger partial charge on any atom is -0.463 e. The molecular formula is C22H17N3O5. The maximum atomic E-state index is 13.1. The van der Waals surface area contributed by atoms with Crippen molar-refractivity contribution in [1.29, 1.82) is 0 Å². The van der Waals surface area contributed by atoms with Crippen LogP contribution in [0.5, 0.6) is 11.5 Å². The van der Waals surface area contributed by atoms with Gasteiger partial charge in [0.2, 0.25) is 18.9 Å². The molecule has 0 spiro atoms. The van der Waals surface area contributed by atoms with E-state index in [0.29, 0.717) is 22.8 Å². The molecule has 150 valence electrons. The number of para-hydroxylation sites is 1. The van der Waals surface area contributed by atoms with Gasteiger partial charge in [-0.2, -0.15) is 0 Å². The van der Waals surface area contributed by atoms with Gasteiger partial charge in [0, 0.05) is 35.3 Å². The zero-order chi connectivity index (χ0) is 20.4. The van der Waals surface area contributed by atoms with Gasteiger partial charge in [-0.15, -0.1) is 0 Å². The first kappa shape index (κ1) is 17.0. The Balaban J connectivity index is 1.52. The molecule has 4 heterocycles. The van der Waals surface area contributed by atoms with Gasteiger partial charge in [-0.3, -0.25) is 14.5 Å². The molecule has 8 heteroatoms. The second kappa shape index (κ2) is 6.03. The van der Waals surface area contributed by atoms with Crippen LogP contribution < -0.4 is 9.47 Å². The minimum absolute atomic E-state index is 0.00604. The van der Waals surface area contributed by atoms with Gasteiger partial charge in [0.15, 0.2) is 23.0 Å². The Labute approximate surface area is 171 Å². The number of amides is 2. The SMILES string of the molecule is CN1CC(=O)N2C(=C(c3c[nH]c4ccccc34)O[C@H]2c2ccc3c(c2)OCO3)C1=O. The number of aromatic amines is 1. The van der Waals surface area contributed by atoms with E-state index in [1.54, 1.807) is 25.4 Å². The second-order valence-corrected chi connectivity index (χ2v) is 7.43. The zero-order valence-electron chi connectivity index (χ0n) is 16.0. The molecule has 1 saturated heterocycles. The molecule has 3 aliphatic heterocycles. The monoisotopic (exact) mass is 403 g/mol. The summed E-state index contributed by atoms with van der Waals surface area (Å²) in [6.07, 6.45) is 1.04. The van der Waals surface area contributed by atoms with E-state index in [4.69, 9.17) is 14.2 Å². The Morgan fingerprint density at radius 2 is 1.90 bits per heavy atom. The number of H-pyrrole nitrogens is 1. The van der Waals surface area contributed by atoms with Gasteiger partial charge in [-0.25, -0.2) is 0 Å². The molecule has 1 aromatic heterocycles. The van der Waals surface area contributed by atoms with E-state index >= 15 is 0 Å². The summed E-state index contributed by atoms with van der Waals surface area (Å²) in [4.78, 5) is 32.2. The van der Waals surface area contributed by atoms with Crippen molar-refractivity contribution >= 4 is 28.5 Å². The minimum atomic E-state index is -0.761. The number of benzene rings is 2. The maximum absolute atomic E-state index is 13.1. The Hall–Kier alpha value is -3.94. The van der Waals surface area contributed by atoms with Crippen molar-refractivity contribution < 1.29 is 23.8 Å². The highest BCUT2D eigenvalue weighted by molar-refractivity contribution is 6.10. The number of aromatic nitrogens is 1. The van der Waals surface area contributed by atoms with Crippen molar-refractivity contribution in [2.45, 2.75) is 6.23 Å². The van der Waals surface area contributed by atoms with Gasteiger partial charge in [0.25, 0.3) is 5.91 Å². The highest BCUT2D eigenvalue weighted by atomic mass is 16.7. The molecule has 6 rings (SSSR count). The molecule has 0 saturated carbocycles. The number of nitrogens with one attached hydrogen (secondary N) is 1. The highest BCUT2D eigenvalue weighted by Gasteiger charge is 2.47. The number of carbonyl (C=O) groups is 2. The van der Waals surface area contributed by atoms with Crippen LogP contribution in [0.25, 0.3) is 16.7 Å². The van der Waals surface area contributed by atoms with Gasteiger partial charge >= 0.3 is 0 Å². The lowest BCUT2D eigenvalue weighted by Gasteiger charge is -2.32. The van der Waals surface area contributed by atoms with E-state index in [1.165, 1.54) is 9.80 Å². The summed E-state index contributed by atoms with van der Waals surface area (Å²) >= 11 is 0. The van der Waals surface area contributed by atoms with Crippen molar-refractivity contribution in [2.24, 2.45) is 0 Å². The predicted molar refractivity (Wildman–Crippen MR) is 106 cm³/mol. The number of nitrogens with zero attached hydrogens (tertiary/aromatic N) is 2. The van der Waals surface area contributed by atoms with Crippen molar-refractivity contribution in [3.63, 3.8) is 0 Å². The summed E-state index contributed by atoms with van der Waals surface area (Å²) in [6.45, 7) is 0.147. The average molecular weight is 403 g/mol. The topological polar surface area (TPSA) is 84.1 Å². The third-order valence-corrected chi connectivity index (χ3v) is 5.63. The van der Waals surface area contributed by atoms with Crippen LogP contribution in [0.2, 0.25) is 0 Å². The van der Waals surface area contributed by atoms with Crippen molar-refractivity contribution in [3.8, 4) is 11.5 Å². The fraction of sp³-hybridized carbons (Fsp3) is 0.182. The smallest absolute Gasteiger partial charge is 0.274 e. The van der Waals surface area contributed by atoms with Crippen LogP contribution in [0.4, 0.5) is 0 Å². The van der Waals surface area contributed by atoms with E-state index in [-0.39, 0.29) is 30.8 Å². The molecule has 30 heavy (non-hydrogen) atoms. The first-order valence-corrected chi connectivity index (χ1v) is 9.56. The molecule has 1 fully saturated rings. The normalized spacial score (nSPS) is 20.2. The summed E-state index contributed by atoms with van der Waals surface area (Å²) in [7, 11) is 1.62. The fourth-order valence-corrected chi connectivity index (χ4v) is 4.17. The summed E-state index contributed by atoms with van der Waals surface area (Å²) in [5.74, 6) is 1.16. The third-order valence-electron chi connectivity index (χ3n) is 5.63. The second-order valence-electron chi connectivity index (χ2n) is 7.43. The van der Waals surface area contributed by atoms with Gasteiger partial charge in [-0.05, 0) is 24.3 Å². The predicted octanol–water partition coefficient (Wildman–Crippen LogP) is 2.59. The van der Waals surface area contributed by atoms with Crippen LogP contribution in [0.1, 0.15) is 17.4 Å². The molecule has 3 aromatic rings. The number of ether oxygens (including phenoxy) is 3.